The van der Waals surface area contributed by atoms with E-state index in [9.17, 15) is 9.18 Å². The molecule has 4 rings (SSSR count). The minimum atomic E-state index is -0.693. The third kappa shape index (κ3) is 2.91. The molecule has 1 N–H and O–H groups in total. The van der Waals surface area contributed by atoms with Crippen LogP contribution in [0.25, 0.3) is 11.4 Å². The van der Waals surface area contributed by atoms with Gasteiger partial charge >= 0.3 is 0 Å². The van der Waals surface area contributed by atoms with Crippen LogP contribution in [-0.4, -0.2) is 20.7 Å². The third-order valence-electron chi connectivity index (χ3n) is 3.82. The van der Waals surface area contributed by atoms with Crippen molar-refractivity contribution < 1.29 is 13.9 Å². The van der Waals surface area contributed by atoms with Gasteiger partial charge in [-0.2, -0.15) is 0 Å². The van der Waals surface area contributed by atoms with Crippen molar-refractivity contribution >= 4 is 17.4 Å². The minimum Gasteiger partial charge on any atom is -0.457 e. The van der Waals surface area contributed by atoms with E-state index in [2.05, 4.69) is 15.0 Å². The van der Waals surface area contributed by atoms with Crippen LogP contribution in [0.5, 0.6) is 11.5 Å². The zero-order chi connectivity index (χ0) is 18.1. The van der Waals surface area contributed by atoms with Crippen LogP contribution in [0.4, 0.5) is 4.39 Å². The summed E-state index contributed by atoms with van der Waals surface area (Å²) >= 11 is 6.05. The minimum absolute atomic E-state index is 0.0976. The van der Waals surface area contributed by atoms with Crippen molar-refractivity contribution in [3.8, 4) is 22.9 Å². The van der Waals surface area contributed by atoms with Crippen LogP contribution in [0.15, 0.2) is 61.1 Å². The standard InChI is InChI=1S/C19H11ClFN3O2/c20-18-16-14(9-22-19(16)24-10-23-18)17(25)13-7-6-12(8-15(13)21)26-11-4-2-1-3-5-11/h1-10H,(H,22,23,24). The Morgan fingerprint density at radius 3 is 2.62 bits per heavy atom. The molecule has 0 spiro atoms. The fraction of sp³-hybridized carbons (Fsp3) is 0. The summed E-state index contributed by atoms with van der Waals surface area (Å²) in [6.07, 6.45) is 2.73. The van der Waals surface area contributed by atoms with E-state index < -0.39 is 11.6 Å². The lowest BCUT2D eigenvalue weighted by Gasteiger charge is -2.08. The lowest BCUT2D eigenvalue weighted by atomic mass is 10.0. The van der Waals surface area contributed by atoms with Gasteiger partial charge in [-0.25, -0.2) is 14.4 Å². The summed E-state index contributed by atoms with van der Waals surface area (Å²) in [7, 11) is 0. The van der Waals surface area contributed by atoms with E-state index in [-0.39, 0.29) is 16.3 Å². The number of aromatic nitrogens is 3. The molecule has 2 aliphatic heterocycles. The van der Waals surface area contributed by atoms with Crippen molar-refractivity contribution in [2.45, 2.75) is 0 Å². The topological polar surface area (TPSA) is 67.9 Å². The molecular formula is C19H11ClFN3O2. The number of halogens is 2. The Hall–Kier alpha value is -3.25. The van der Waals surface area contributed by atoms with E-state index in [1.165, 1.54) is 30.7 Å². The molecule has 2 aromatic rings. The third-order valence-corrected chi connectivity index (χ3v) is 4.11. The second-order valence-corrected chi connectivity index (χ2v) is 5.83. The van der Waals surface area contributed by atoms with E-state index in [1.807, 2.05) is 18.2 Å². The van der Waals surface area contributed by atoms with Gasteiger partial charge in [-0.1, -0.05) is 29.8 Å². The summed E-state index contributed by atoms with van der Waals surface area (Å²) in [4.78, 5) is 23.5. The smallest absolute Gasteiger partial charge is 0.198 e. The monoisotopic (exact) mass is 367 g/mol. The predicted octanol–water partition coefficient (Wildman–Crippen LogP) is 4.73. The summed E-state index contributed by atoms with van der Waals surface area (Å²) < 4.78 is 20.1. The summed E-state index contributed by atoms with van der Waals surface area (Å²) in [5, 5.41) is 0.129. The second-order valence-electron chi connectivity index (χ2n) is 5.47. The molecule has 0 unspecified atom stereocenters. The number of nitrogens with zero attached hydrogens (tertiary/aromatic N) is 2. The first-order valence-corrected chi connectivity index (χ1v) is 8.06. The van der Waals surface area contributed by atoms with Crippen molar-refractivity contribution in [3.05, 3.63) is 83.2 Å². The number of rotatable bonds is 4. The molecular weight excluding hydrogens is 357 g/mol. The highest BCUT2D eigenvalue weighted by Crippen LogP contribution is 2.32. The van der Waals surface area contributed by atoms with Gasteiger partial charge in [0.2, 0.25) is 0 Å². The van der Waals surface area contributed by atoms with Gasteiger partial charge in [-0.05, 0) is 24.3 Å². The van der Waals surface area contributed by atoms with Gasteiger partial charge in [0.1, 0.15) is 28.3 Å². The Balaban J connectivity index is 1.66. The Bertz CT molecular complexity index is 1070. The molecule has 0 aromatic heterocycles. The van der Waals surface area contributed by atoms with Gasteiger partial charge in [0, 0.05) is 12.3 Å². The molecule has 0 fully saturated rings. The number of ether oxygens (including phenoxy) is 1. The molecule has 0 saturated heterocycles. The molecule has 5 nitrogen and oxygen atoms in total. The molecule has 2 aliphatic rings. The molecule has 128 valence electrons. The molecule has 0 bridgehead atoms. The summed E-state index contributed by atoms with van der Waals surface area (Å²) in [6, 6.07) is 13.1. The van der Waals surface area contributed by atoms with Crippen molar-refractivity contribution in [1.29, 1.82) is 0 Å². The zero-order valence-corrected chi connectivity index (χ0v) is 14.0. The van der Waals surface area contributed by atoms with Crippen LogP contribution in [0.2, 0.25) is 5.15 Å². The van der Waals surface area contributed by atoms with E-state index >= 15 is 0 Å². The summed E-state index contributed by atoms with van der Waals surface area (Å²) in [5.74, 6) is 0.0634. The number of carbonyl (C=O) groups is 1. The molecule has 0 saturated carbocycles. The van der Waals surface area contributed by atoms with Crippen LogP contribution < -0.4 is 4.74 Å². The van der Waals surface area contributed by atoms with Gasteiger partial charge in [0.25, 0.3) is 0 Å². The number of para-hydroxylation sites is 1. The van der Waals surface area contributed by atoms with E-state index in [1.54, 1.807) is 12.1 Å². The number of carbonyl (C=O) groups excluding carboxylic acids is 1. The van der Waals surface area contributed by atoms with Gasteiger partial charge in [0.05, 0.1) is 23.0 Å². The van der Waals surface area contributed by atoms with Crippen molar-refractivity contribution in [3.63, 3.8) is 0 Å². The zero-order valence-electron chi connectivity index (χ0n) is 13.2. The van der Waals surface area contributed by atoms with Crippen molar-refractivity contribution in [2.24, 2.45) is 0 Å². The maximum atomic E-state index is 14.5. The van der Waals surface area contributed by atoms with Gasteiger partial charge in [-0.15, -0.1) is 0 Å². The molecule has 0 radical (unpaired) electrons. The van der Waals surface area contributed by atoms with Crippen molar-refractivity contribution in [2.75, 3.05) is 0 Å². The van der Waals surface area contributed by atoms with Crippen LogP contribution >= 0.6 is 11.6 Å². The molecule has 2 heterocycles. The molecule has 0 atom stereocenters. The van der Waals surface area contributed by atoms with E-state index in [0.717, 1.165) is 0 Å². The predicted molar refractivity (Wildman–Crippen MR) is 94.4 cm³/mol. The SMILES string of the molecule is O=C(c1ccc(Oc2ccccc2)cc1F)c1cnc2[nH]cnc(Cl)c1-2. The first-order valence-electron chi connectivity index (χ1n) is 7.68. The van der Waals surface area contributed by atoms with Crippen LogP contribution in [0.3, 0.4) is 0 Å². The molecule has 26 heavy (non-hydrogen) atoms. The number of nitrogens with one attached hydrogen (secondary N) is 1. The number of ketones is 1. The second kappa shape index (κ2) is 6.57. The number of hydrogen-bond donors (Lipinski definition) is 1. The highest BCUT2D eigenvalue weighted by molar-refractivity contribution is 6.33. The van der Waals surface area contributed by atoms with Crippen LogP contribution in [0.1, 0.15) is 15.9 Å². The number of hydrogen-bond acceptors (Lipinski definition) is 4. The normalized spacial score (nSPS) is 10.8. The average Bonchev–Trinajstić information content (AvgIpc) is 3.08. The number of fused-ring (bicyclic) bond motifs is 1. The average molecular weight is 368 g/mol. The Morgan fingerprint density at radius 1 is 1.04 bits per heavy atom. The Labute approximate surface area is 152 Å². The summed E-state index contributed by atoms with van der Waals surface area (Å²) in [6.45, 7) is 0. The fourth-order valence-corrected chi connectivity index (χ4v) is 2.84. The lowest BCUT2D eigenvalue weighted by Crippen LogP contribution is -2.05. The van der Waals surface area contributed by atoms with E-state index in [0.29, 0.717) is 22.9 Å². The molecule has 2 aromatic carbocycles. The Kier molecular flexibility index (Phi) is 4.10. The maximum absolute atomic E-state index is 14.5. The first kappa shape index (κ1) is 16.2. The number of H-pyrrole nitrogens is 1. The largest absolute Gasteiger partial charge is 0.457 e. The molecule has 0 amide bonds. The van der Waals surface area contributed by atoms with Crippen LogP contribution in [0, 0.1) is 5.82 Å². The van der Waals surface area contributed by atoms with E-state index in [4.69, 9.17) is 16.3 Å². The van der Waals surface area contributed by atoms with Crippen molar-refractivity contribution in [1.82, 2.24) is 15.0 Å². The van der Waals surface area contributed by atoms with Crippen LogP contribution in [-0.2, 0) is 0 Å². The lowest BCUT2D eigenvalue weighted by molar-refractivity contribution is 0.103. The number of aromatic amines is 1. The molecule has 7 heteroatoms. The van der Waals surface area contributed by atoms with Gasteiger partial charge in [0.15, 0.2) is 5.78 Å². The fourth-order valence-electron chi connectivity index (χ4n) is 2.60. The Morgan fingerprint density at radius 2 is 1.85 bits per heavy atom. The maximum Gasteiger partial charge on any atom is 0.198 e. The summed E-state index contributed by atoms with van der Waals surface area (Å²) in [5.41, 5.74) is 0.452. The van der Waals surface area contributed by atoms with Gasteiger partial charge in [-0.3, -0.25) is 4.79 Å². The number of benzene rings is 2. The quantitative estimate of drug-likeness (QED) is 0.418. The molecule has 0 aliphatic carbocycles. The van der Waals surface area contributed by atoms with Gasteiger partial charge < -0.3 is 9.72 Å². The first-order chi connectivity index (χ1) is 12.6. The highest BCUT2D eigenvalue weighted by atomic mass is 35.5. The highest BCUT2D eigenvalue weighted by Gasteiger charge is 2.24.